The van der Waals surface area contributed by atoms with Gasteiger partial charge < -0.3 is 9.47 Å². The number of amides is 2. The molecular formula is C42H33BrN2O6. The summed E-state index contributed by atoms with van der Waals surface area (Å²) < 4.78 is 12.3. The molecule has 0 N–H and O–H groups in total. The van der Waals surface area contributed by atoms with Crippen LogP contribution in [-0.4, -0.2) is 34.7 Å². The number of hydrogen-bond donors (Lipinski definition) is 0. The molecule has 5 unspecified atom stereocenters. The smallest absolute Gasteiger partial charge is 0.339 e. The van der Waals surface area contributed by atoms with E-state index in [2.05, 4.69) is 28.9 Å². The molecule has 3 aliphatic rings. The third-order valence-corrected chi connectivity index (χ3v) is 10.8. The topological polar surface area (TPSA) is 103 Å². The fraction of sp³-hybridized carbons (Fsp3) is 0.214. The summed E-state index contributed by atoms with van der Waals surface area (Å²) in [6.07, 6.45) is 1.98. The molecule has 5 atom stereocenters. The van der Waals surface area contributed by atoms with Gasteiger partial charge in [-0.15, -0.1) is 0 Å². The molecule has 2 fully saturated rings. The third kappa shape index (κ3) is 5.95. The number of Topliss-reactive ketones (excluding diaryl/α,β-unsaturated/α-hetero) is 1. The van der Waals surface area contributed by atoms with Gasteiger partial charge in [0.25, 0.3) is 0 Å². The number of esters is 1. The number of anilines is 1. The van der Waals surface area contributed by atoms with Crippen molar-refractivity contribution in [1.82, 2.24) is 4.98 Å². The van der Waals surface area contributed by atoms with E-state index in [4.69, 9.17) is 14.5 Å². The molecule has 254 valence electrons. The number of benzene rings is 4. The molecule has 0 radical (unpaired) electrons. The van der Waals surface area contributed by atoms with Crippen molar-refractivity contribution < 1.29 is 28.7 Å². The van der Waals surface area contributed by atoms with E-state index >= 15 is 0 Å². The molecule has 1 saturated carbocycles. The zero-order chi connectivity index (χ0) is 35.4. The van der Waals surface area contributed by atoms with Gasteiger partial charge in [0.05, 0.1) is 34.3 Å². The summed E-state index contributed by atoms with van der Waals surface area (Å²) in [5.41, 5.74) is 5.16. The lowest BCUT2D eigenvalue weighted by Gasteiger charge is -2.19. The number of imide groups is 1. The normalized spacial score (nSPS) is 21.1. The van der Waals surface area contributed by atoms with Crippen LogP contribution in [-0.2, 0) is 20.9 Å². The Morgan fingerprint density at radius 3 is 2.37 bits per heavy atom. The molecule has 2 amide bonds. The maximum Gasteiger partial charge on any atom is 0.339 e. The average molecular weight is 742 g/mol. The quantitative estimate of drug-likeness (QED) is 0.0648. The molecule has 1 aliphatic heterocycles. The number of fused-ring (bicyclic) bond motifs is 6. The van der Waals surface area contributed by atoms with Gasteiger partial charge in [-0.05, 0) is 98.3 Å². The lowest BCUT2D eigenvalue weighted by molar-refractivity contribution is -0.123. The van der Waals surface area contributed by atoms with Crippen LogP contribution in [0.4, 0.5) is 5.69 Å². The minimum absolute atomic E-state index is 0.129. The van der Waals surface area contributed by atoms with Crippen LogP contribution in [0, 0.1) is 23.7 Å². The second kappa shape index (κ2) is 13.0. The second-order valence-corrected chi connectivity index (χ2v) is 14.4. The summed E-state index contributed by atoms with van der Waals surface area (Å²) in [5.74, 6) is -0.952. The molecular weight excluding hydrogens is 708 g/mol. The molecule has 2 bridgehead atoms. The van der Waals surface area contributed by atoms with E-state index in [-0.39, 0.29) is 46.8 Å². The maximum atomic E-state index is 13.7. The van der Waals surface area contributed by atoms with Crippen molar-refractivity contribution >= 4 is 56.1 Å². The van der Waals surface area contributed by atoms with E-state index in [0.717, 1.165) is 16.5 Å². The number of carbonyl (C=O) groups is 4. The van der Waals surface area contributed by atoms with Crippen molar-refractivity contribution in [1.29, 1.82) is 0 Å². The van der Waals surface area contributed by atoms with Crippen molar-refractivity contribution in [2.24, 2.45) is 23.7 Å². The Labute approximate surface area is 303 Å². The molecule has 51 heavy (non-hydrogen) atoms. The zero-order valence-corrected chi connectivity index (χ0v) is 29.5. The van der Waals surface area contributed by atoms with E-state index in [9.17, 15) is 19.2 Å². The van der Waals surface area contributed by atoms with Crippen LogP contribution in [0.25, 0.3) is 22.2 Å². The molecule has 1 saturated heterocycles. The highest BCUT2D eigenvalue weighted by molar-refractivity contribution is 9.10. The van der Waals surface area contributed by atoms with Crippen molar-refractivity contribution in [3.8, 4) is 17.0 Å². The van der Waals surface area contributed by atoms with Crippen LogP contribution in [0.1, 0.15) is 46.5 Å². The summed E-state index contributed by atoms with van der Waals surface area (Å²) in [5, 5.41) is 0.563. The summed E-state index contributed by atoms with van der Waals surface area (Å²) in [6.45, 7) is 4.01. The molecule has 0 spiro atoms. The van der Waals surface area contributed by atoms with Gasteiger partial charge in [0.2, 0.25) is 17.6 Å². The Bertz CT molecular complexity index is 2250. The first-order valence-electron chi connectivity index (χ1n) is 16.9. The number of allylic oxidation sites excluding steroid dienone is 2. The highest BCUT2D eigenvalue weighted by Gasteiger charge is 2.60. The SMILES string of the molecule is CC1=CC2CC1C1C(=O)N(c3ccc(-c4cc(C(=O)OC(C)C(=O)c5ccc(OCc6ccccc6)cc5)c5cc(Br)ccc5n4)cc3)C(=O)C21. The number of carbonyl (C=O) groups excluding carboxylic acids is 4. The van der Waals surface area contributed by atoms with Gasteiger partial charge in [-0.2, -0.15) is 0 Å². The Hall–Kier alpha value is -5.41. The number of aromatic nitrogens is 1. The predicted octanol–water partition coefficient (Wildman–Crippen LogP) is 8.37. The molecule has 5 aromatic rings. The summed E-state index contributed by atoms with van der Waals surface area (Å²) in [7, 11) is 0. The lowest BCUT2D eigenvalue weighted by atomic mass is 9.82. The maximum absolute atomic E-state index is 13.7. The minimum Gasteiger partial charge on any atom is -0.489 e. The van der Waals surface area contributed by atoms with Crippen LogP contribution in [0.15, 0.2) is 119 Å². The van der Waals surface area contributed by atoms with E-state index in [1.165, 1.54) is 10.5 Å². The van der Waals surface area contributed by atoms with Gasteiger partial charge in [-0.3, -0.25) is 19.3 Å². The van der Waals surface area contributed by atoms with Crippen LogP contribution >= 0.6 is 15.9 Å². The molecule has 8 rings (SSSR count). The van der Waals surface area contributed by atoms with Gasteiger partial charge >= 0.3 is 5.97 Å². The number of nitrogens with zero attached hydrogens (tertiary/aromatic N) is 2. The van der Waals surface area contributed by atoms with E-state index in [1.807, 2.05) is 36.4 Å². The Morgan fingerprint density at radius 1 is 0.902 bits per heavy atom. The van der Waals surface area contributed by atoms with Gasteiger partial charge in [0.1, 0.15) is 12.4 Å². The van der Waals surface area contributed by atoms with Crippen molar-refractivity contribution in [2.45, 2.75) is 33.0 Å². The number of halogens is 1. The van der Waals surface area contributed by atoms with Crippen molar-refractivity contribution in [3.05, 3.63) is 136 Å². The summed E-state index contributed by atoms with van der Waals surface area (Å²) >= 11 is 3.49. The van der Waals surface area contributed by atoms with Gasteiger partial charge in [-0.1, -0.05) is 70.0 Å². The minimum atomic E-state index is -1.06. The van der Waals surface area contributed by atoms with Gasteiger partial charge in [-0.25, -0.2) is 9.78 Å². The van der Waals surface area contributed by atoms with Crippen LogP contribution in [0.2, 0.25) is 0 Å². The highest BCUT2D eigenvalue weighted by atomic mass is 79.9. The van der Waals surface area contributed by atoms with E-state index in [0.29, 0.717) is 45.8 Å². The second-order valence-electron chi connectivity index (χ2n) is 13.5. The van der Waals surface area contributed by atoms with Gasteiger partial charge in [0.15, 0.2) is 6.10 Å². The number of ketones is 1. The Balaban J connectivity index is 1.00. The fourth-order valence-electron chi connectivity index (χ4n) is 7.79. The molecule has 8 nitrogen and oxygen atoms in total. The fourth-order valence-corrected chi connectivity index (χ4v) is 8.15. The number of rotatable bonds is 9. The van der Waals surface area contributed by atoms with E-state index < -0.39 is 12.1 Å². The molecule has 2 aliphatic carbocycles. The highest BCUT2D eigenvalue weighted by Crippen LogP contribution is 2.56. The number of pyridine rings is 1. The number of ether oxygens (including phenoxy) is 2. The van der Waals surface area contributed by atoms with Crippen molar-refractivity contribution in [3.63, 3.8) is 0 Å². The third-order valence-electron chi connectivity index (χ3n) is 10.3. The Morgan fingerprint density at radius 2 is 1.63 bits per heavy atom. The molecule has 2 heterocycles. The Kier molecular flexibility index (Phi) is 8.38. The first-order valence-corrected chi connectivity index (χ1v) is 17.7. The predicted molar refractivity (Wildman–Crippen MR) is 196 cm³/mol. The first kappa shape index (κ1) is 32.8. The van der Waals surface area contributed by atoms with Crippen LogP contribution in [0.3, 0.4) is 0 Å². The molecule has 1 aromatic heterocycles. The first-order chi connectivity index (χ1) is 24.7. The largest absolute Gasteiger partial charge is 0.489 e. The lowest BCUT2D eigenvalue weighted by Crippen LogP contribution is -2.32. The van der Waals surface area contributed by atoms with E-state index in [1.54, 1.807) is 73.7 Å². The summed E-state index contributed by atoms with van der Waals surface area (Å²) in [4.78, 5) is 60.1. The molecule has 9 heteroatoms. The molecule has 4 aromatic carbocycles. The van der Waals surface area contributed by atoms with Crippen LogP contribution in [0.5, 0.6) is 5.75 Å². The zero-order valence-electron chi connectivity index (χ0n) is 27.9. The van der Waals surface area contributed by atoms with Crippen LogP contribution < -0.4 is 9.64 Å². The average Bonchev–Trinajstić information content (AvgIpc) is 3.79. The van der Waals surface area contributed by atoms with Gasteiger partial charge in [0, 0.05) is 21.0 Å². The van der Waals surface area contributed by atoms with Crippen molar-refractivity contribution in [2.75, 3.05) is 4.90 Å². The monoisotopic (exact) mass is 740 g/mol. The standard InChI is InChI=1S/C42H33BrN2O6/c1-23-18-28-19-32(23)38-37(28)40(47)45(41(38)48)30-13-8-26(9-14-30)36-21-34(33-20-29(43)12-17-35(33)44-36)42(49)51-24(2)39(46)27-10-15-31(16-11-27)50-22-25-6-4-3-5-7-25/h3-18,20-21,24,28,32,37-38H,19,22H2,1-2H3. The number of hydrogen-bond acceptors (Lipinski definition) is 7. The summed E-state index contributed by atoms with van der Waals surface area (Å²) in [6, 6.07) is 30.7.